The van der Waals surface area contributed by atoms with Crippen LogP contribution in [-0.2, 0) is 20.7 Å². The van der Waals surface area contributed by atoms with Gasteiger partial charge in [-0.2, -0.15) is 0 Å². The Kier molecular flexibility index (Phi) is 4.03. The van der Waals surface area contributed by atoms with Crippen LogP contribution >= 0.6 is 0 Å². The Labute approximate surface area is 135 Å². The van der Waals surface area contributed by atoms with Gasteiger partial charge in [-0.15, -0.1) is 0 Å². The Morgan fingerprint density at radius 3 is 2.74 bits per heavy atom. The molecule has 2 aromatic rings. The first-order valence-corrected chi connectivity index (χ1v) is 7.77. The molecular formula is C18H20N2O3. The number of esters is 1. The van der Waals surface area contributed by atoms with Gasteiger partial charge in [0.15, 0.2) is 0 Å². The number of carbonyl (C=O) groups is 2. The van der Waals surface area contributed by atoms with Crippen molar-refractivity contribution in [2.24, 2.45) is 0 Å². The molecule has 0 unspecified atom stereocenters. The van der Waals surface area contributed by atoms with Gasteiger partial charge in [0.05, 0.1) is 19.0 Å². The largest absolute Gasteiger partial charge is 0.469 e. The van der Waals surface area contributed by atoms with Gasteiger partial charge in [-0.3, -0.25) is 14.5 Å². The monoisotopic (exact) mass is 312 g/mol. The third-order valence-corrected chi connectivity index (χ3v) is 4.27. The van der Waals surface area contributed by atoms with E-state index in [1.54, 1.807) is 4.90 Å². The number of amides is 1. The first kappa shape index (κ1) is 15.5. The quantitative estimate of drug-likeness (QED) is 0.818. The molecule has 0 aliphatic carbocycles. The fraction of sp³-hybridized carbons (Fsp3) is 0.389. The lowest BCUT2D eigenvalue weighted by atomic mass is 10.0. The Bertz CT molecular complexity index is 798. The predicted molar refractivity (Wildman–Crippen MR) is 88.5 cm³/mol. The molecule has 1 aliphatic rings. The van der Waals surface area contributed by atoms with E-state index in [9.17, 15) is 9.59 Å². The highest BCUT2D eigenvalue weighted by Crippen LogP contribution is 2.31. The fourth-order valence-corrected chi connectivity index (χ4v) is 3.11. The summed E-state index contributed by atoms with van der Waals surface area (Å²) in [4.78, 5) is 30.0. The summed E-state index contributed by atoms with van der Waals surface area (Å²) in [6.07, 6.45) is 1.06. The number of pyridine rings is 1. The Morgan fingerprint density at radius 2 is 2.00 bits per heavy atom. The standard InChI is InChI=1S/C18H20N2O3/c1-11-8-12(2)14-10-13-6-7-20(18(13)19-15(14)9-11)16(21)4-5-17(22)23-3/h8-10H,4-7H2,1-3H3. The SMILES string of the molecule is COC(=O)CCC(=O)N1CCc2cc3c(C)cc(C)cc3nc21. The van der Waals surface area contributed by atoms with Crippen LogP contribution < -0.4 is 4.90 Å². The van der Waals surface area contributed by atoms with Crippen LogP contribution in [0.25, 0.3) is 10.9 Å². The van der Waals surface area contributed by atoms with Crippen LogP contribution in [0.3, 0.4) is 0 Å². The highest BCUT2D eigenvalue weighted by Gasteiger charge is 2.27. The smallest absolute Gasteiger partial charge is 0.306 e. The third-order valence-electron chi connectivity index (χ3n) is 4.27. The first-order valence-electron chi connectivity index (χ1n) is 7.77. The average Bonchev–Trinajstić information content (AvgIpc) is 2.93. The van der Waals surface area contributed by atoms with E-state index < -0.39 is 0 Å². The van der Waals surface area contributed by atoms with Crippen LogP contribution in [0.2, 0.25) is 0 Å². The van der Waals surface area contributed by atoms with Gasteiger partial charge in [-0.25, -0.2) is 4.98 Å². The highest BCUT2D eigenvalue weighted by molar-refractivity contribution is 5.97. The van der Waals surface area contributed by atoms with Crippen LogP contribution in [0, 0.1) is 13.8 Å². The second-order valence-electron chi connectivity index (χ2n) is 5.99. The highest BCUT2D eigenvalue weighted by atomic mass is 16.5. The van der Waals surface area contributed by atoms with Crippen LogP contribution in [0.5, 0.6) is 0 Å². The molecule has 2 heterocycles. The molecule has 0 saturated heterocycles. The van der Waals surface area contributed by atoms with Gasteiger partial charge in [-0.1, -0.05) is 6.07 Å². The maximum Gasteiger partial charge on any atom is 0.306 e. The molecule has 1 aromatic heterocycles. The predicted octanol–water partition coefficient (Wildman–Crippen LogP) is 2.69. The maximum absolute atomic E-state index is 12.4. The number of ether oxygens (including phenoxy) is 1. The number of hydrogen-bond donors (Lipinski definition) is 0. The number of benzene rings is 1. The van der Waals surface area contributed by atoms with E-state index in [4.69, 9.17) is 4.98 Å². The van der Waals surface area contributed by atoms with Crippen molar-refractivity contribution in [3.8, 4) is 0 Å². The molecule has 0 fully saturated rings. The average molecular weight is 312 g/mol. The van der Waals surface area contributed by atoms with Crippen LogP contribution in [0.1, 0.15) is 29.5 Å². The number of hydrogen-bond acceptors (Lipinski definition) is 4. The van der Waals surface area contributed by atoms with Crippen molar-refractivity contribution >= 4 is 28.6 Å². The second-order valence-corrected chi connectivity index (χ2v) is 5.99. The lowest BCUT2D eigenvalue weighted by molar-refractivity contribution is -0.141. The number of methoxy groups -OCH3 is 1. The number of rotatable bonds is 3. The van der Waals surface area contributed by atoms with Crippen molar-refractivity contribution < 1.29 is 14.3 Å². The van der Waals surface area contributed by atoms with Crippen molar-refractivity contribution in [2.75, 3.05) is 18.6 Å². The van der Waals surface area contributed by atoms with E-state index in [-0.39, 0.29) is 24.7 Å². The van der Waals surface area contributed by atoms with Gasteiger partial charge in [-0.05, 0) is 49.1 Å². The van der Waals surface area contributed by atoms with E-state index in [2.05, 4.69) is 23.8 Å². The molecule has 0 saturated carbocycles. The van der Waals surface area contributed by atoms with E-state index in [0.717, 1.165) is 34.3 Å². The van der Waals surface area contributed by atoms with Gasteiger partial charge in [0.1, 0.15) is 5.82 Å². The Morgan fingerprint density at radius 1 is 1.22 bits per heavy atom. The summed E-state index contributed by atoms with van der Waals surface area (Å²) in [5.41, 5.74) is 4.36. The summed E-state index contributed by atoms with van der Waals surface area (Å²) < 4.78 is 4.59. The van der Waals surface area contributed by atoms with Gasteiger partial charge < -0.3 is 4.74 Å². The van der Waals surface area contributed by atoms with Crippen LogP contribution in [0.4, 0.5) is 5.82 Å². The zero-order valence-corrected chi connectivity index (χ0v) is 13.7. The second kappa shape index (κ2) is 5.99. The van der Waals surface area contributed by atoms with E-state index in [1.807, 2.05) is 13.0 Å². The summed E-state index contributed by atoms with van der Waals surface area (Å²) in [5.74, 6) is 0.290. The molecule has 1 amide bonds. The molecule has 1 aromatic carbocycles. The van der Waals surface area contributed by atoms with Crippen molar-refractivity contribution in [3.63, 3.8) is 0 Å². The van der Waals surface area contributed by atoms with Gasteiger partial charge in [0, 0.05) is 18.4 Å². The van der Waals surface area contributed by atoms with Crippen molar-refractivity contribution in [2.45, 2.75) is 33.1 Å². The van der Waals surface area contributed by atoms with Crippen molar-refractivity contribution in [3.05, 3.63) is 34.9 Å². The lowest BCUT2D eigenvalue weighted by Gasteiger charge is -2.17. The van der Waals surface area contributed by atoms with Gasteiger partial charge in [0.2, 0.25) is 5.91 Å². The summed E-state index contributed by atoms with van der Waals surface area (Å²) in [6.45, 7) is 4.74. The minimum atomic E-state index is -0.365. The molecule has 1 aliphatic heterocycles. The van der Waals surface area contributed by atoms with Gasteiger partial charge in [0.25, 0.3) is 0 Å². The molecule has 0 N–H and O–H groups in total. The molecule has 0 atom stereocenters. The molecule has 0 bridgehead atoms. The maximum atomic E-state index is 12.4. The summed E-state index contributed by atoms with van der Waals surface area (Å²) in [5, 5.41) is 1.14. The summed E-state index contributed by atoms with van der Waals surface area (Å²) >= 11 is 0. The minimum Gasteiger partial charge on any atom is -0.469 e. The number of carbonyl (C=O) groups excluding carboxylic acids is 2. The van der Waals surface area contributed by atoms with Crippen LogP contribution in [0.15, 0.2) is 18.2 Å². The van der Waals surface area contributed by atoms with Crippen molar-refractivity contribution in [1.82, 2.24) is 4.98 Å². The fourth-order valence-electron chi connectivity index (χ4n) is 3.11. The lowest BCUT2D eigenvalue weighted by Crippen LogP contribution is -2.29. The molecule has 0 spiro atoms. The molecule has 23 heavy (non-hydrogen) atoms. The Balaban J connectivity index is 1.91. The number of aromatic nitrogens is 1. The normalized spacial score (nSPS) is 13.3. The number of anilines is 1. The molecule has 5 heteroatoms. The summed E-state index contributed by atoms with van der Waals surface area (Å²) in [6, 6.07) is 6.32. The molecule has 0 radical (unpaired) electrons. The van der Waals surface area contributed by atoms with E-state index >= 15 is 0 Å². The van der Waals surface area contributed by atoms with Crippen LogP contribution in [-0.4, -0.2) is 30.5 Å². The van der Waals surface area contributed by atoms with E-state index in [0.29, 0.717) is 6.54 Å². The molecular weight excluding hydrogens is 292 g/mol. The number of aryl methyl sites for hydroxylation is 2. The first-order chi connectivity index (χ1) is 11.0. The number of fused-ring (bicyclic) bond motifs is 2. The topological polar surface area (TPSA) is 59.5 Å². The van der Waals surface area contributed by atoms with Gasteiger partial charge >= 0.3 is 5.97 Å². The molecule has 120 valence electrons. The zero-order valence-electron chi connectivity index (χ0n) is 13.7. The Hall–Kier alpha value is -2.43. The molecule has 3 rings (SSSR count). The zero-order chi connectivity index (χ0) is 16.6. The molecule has 5 nitrogen and oxygen atoms in total. The number of nitrogens with zero attached hydrogens (tertiary/aromatic N) is 2. The van der Waals surface area contributed by atoms with Crippen molar-refractivity contribution in [1.29, 1.82) is 0 Å². The third kappa shape index (κ3) is 2.91. The minimum absolute atomic E-state index is 0.0784. The summed E-state index contributed by atoms with van der Waals surface area (Å²) in [7, 11) is 1.33. The van der Waals surface area contributed by atoms with E-state index in [1.165, 1.54) is 12.7 Å².